The smallest absolute Gasteiger partial charge is 0.161 e. The van der Waals surface area contributed by atoms with Crippen LogP contribution in [-0.4, -0.2) is 63.6 Å². The van der Waals surface area contributed by atoms with E-state index in [4.69, 9.17) is 19.0 Å². The molecule has 0 radical (unpaired) electrons. The number of benzene rings is 2. The van der Waals surface area contributed by atoms with Crippen LogP contribution >= 0.6 is 0 Å². The highest BCUT2D eigenvalue weighted by Crippen LogP contribution is 2.41. The highest BCUT2D eigenvalue weighted by atomic mass is 16.5. The molecule has 3 aromatic rings. The predicted octanol–water partition coefficient (Wildman–Crippen LogP) is 2.72. The normalized spacial score (nSPS) is 15.7. The summed E-state index contributed by atoms with van der Waals surface area (Å²) in [6.45, 7) is 4.63. The van der Waals surface area contributed by atoms with E-state index in [1.54, 1.807) is 20.5 Å². The van der Waals surface area contributed by atoms with Gasteiger partial charge in [-0.1, -0.05) is 0 Å². The third-order valence-corrected chi connectivity index (χ3v) is 5.17. The number of hydrogen-bond acceptors (Lipinski definition) is 6. The minimum atomic E-state index is 0.206. The summed E-state index contributed by atoms with van der Waals surface area (Å²) in [6.07, 6.45) is 3.61. The molecule has 6 heteroatoms. The van der Waals surface area contributed by atoms with Gasteiger partial charge in [-0.15, -0.1) is 0 Å². The molecule has 138 valence electrons. The number of nitrogens with zero attached hydrogens (tertiary/aromatic N) is 2. The number of piperazine rings is 1. The first-order valence-electron chi connectivity index (χ1n) is 8.88. The lowest BCUT2D eigenvalue weighted by Gasteiger charge is -2.36. The molecule has 6 nitrogen and oxygen atoms in total. The quantitative estimate of drug-likeness (QED) is 0.759. The molecule has 4 rings (SSSR count). The van der Waals surface area contributed by atoms with Crippen molar-refractivity contribution in [3.05, 3.63) is 30.7 Å². The molecular weight excluding hydrogens is 332 g/mol. The number of β-amino-alcohol motifs (C(OH)–C–C–N with tert-alkyl or cyclic N) is 1. The number of rotatable bonds is 5. The largest absolute Gasteiger partial charge is 0.493 e. The molecule has 2 aromatic carbocycles. The van der Waals surface area contributed by atoms with Crippen LogP contribution in [0.25, 0.3) is 21.5 Å². The van der Waals surface area contributed by atoms with Gasteiger partial charge in [-0.3, -0.25) is 4.90 Å². The Morgan fingerprint density at radius 1 is 0.923 bits per heavy atom. The van der Waals surface area contributed by atoms with Crippen molar-refractivity contribution in [1.82, 2.24) is 4.90 Å². The maximum Gasteiger partial charge on any atom is 0.161 e. The lowest BCUT2D eigenvalue weighted by molar-refractivity contribution is 0.189. The van der Waals surface area contributed by atoms with Crippen LogP contribution in [-0.2, 0) is 0 Å². The second-order valence-electron chi connectivity index (χ2n) is 6.58. The van der Waals surface area contributed by atoms with Crippen molar-refractivity contribution in [3.8, 4) is 11.5 Å². The highest BCUT2D eigenvalue weighted by molar-refractivity contribution is 6.11. The van der Waals surface area contributed by atoms with Crippen molar-refractivity contribution in [1.29, 1.82) is 0 Å². The third-order valence-electron chi connectivity index (χ3n) is 5.17. The van der Waals surface area contributed by atoms with Crippen molar-refractivity contribution in [2.45, 2.75) is 0 Å². The Morgan fingerprint density at radius 2 is 1.65 bits per heavy atom. The first kappa shape index (κ1) is 17.0. The number of anilines is 1. The Balaban J connectivity index is 1.84. The van der Waals surface area contributed by atoms with E-state index in [9.17, 15) is 0 Å². The molecule has 1 aromatic heterocycles. The summed E-state index contributed by atoms with van der Waals surface area (Å²) in [7, 11) is 3.31. The van der Waals surface area contributed by atoms with Crippen LogP contribution in [0.5, 0.6) is 11.5 Å². The van der Waals surface area contributed by atoms with Gasteiger partial charge in [0.15, 0.2) is 11.5 Å². The SMILES string of the molecule is COc1cc2cc3cocc3c(N3CCN(CCO)CC3)c2cc1OC. The Labute approximate surface area is 152 Å². The zero-order chi connectivity index (χ0) is 18.1. The van der Waals surface area contributed by atoms with Gasteiger partial charge in [0, 0.05) is 48.9 Å². The topological polar surface area (TPSA) is 58.3 Å². The van der Waals surface area contributed by atoms with Crippen LogP contribution in [0.1, 0.15) is 0 Å². The average molecular weight is 356 g/mol. The molecule has 1 fully saturated rings. The highest BCUT2D eigenvalue weighted by Gasteiger charge is 2.22. The summed E-state index contributed by atoms with van der Waals surface area (Å²) in [5.74, 6) is 1.45. The summed E-state index contributed by atoms with van der Waals surface area (Å²) >= 11 is 0. The predicted molar refractivity (Wildman–Crippen MR) is 103 cm³/mol. The van der Waals surface area contributed by atoms with Gasteiger partial charge in [-0.05, 0) is 23.6 Å². The molecule has 2 heterocycles. The first-order valence-corrected chi connectivity index (χ1v) is 8.88. The standard InChI is InChI=1S/C20H24N2O4/c1-24-18-10-14-9-15-12-26-13-17(15)20(16(14)11-19(18)25-2)22-5-3-21(4-6-22)7-8-23/h9-13,23H,3-8H2,1-2H3. The molecule has 0 atom stereocenters. The fourth-order valence-corrected chi connectivity index (χ4v) is 3.82. The van der Waals surface area contributed by atoms with Crippen LogP contribution in [0.2, 0.25) is 0 Å². The average Bonchev–Trinajstić information content (AvgIpc) is 3.14. The maximum absolute atomic E-state index is 9.17. The second kappa shape index (κ2) is 7.05. The molecule has 1 saturated heterocycles. The summed E-state index contributed by atoms with van der Waals surface area (Å²) in [5, 5.41) is 13.6. The lowest BCUT2D eigenvalue weighted by atomic mass is 10.0. The Hall–Kier alpha value is -2.44. The van der Waals surface area contributed by atoms with Gasteiger partial charge in [-0.2, -0.15) is 0 Å². The van der Waals surface area contributed by atoms with Gasteiger partial charge < -0.3 is 23.9 Å². The van der Waals surface area contributed by atoms with Crippen LogP contribution < -0.4 is 14.4 Å². The molecular formula is C20H24N2O4. The van der Waals surface area contributed by atoms with Crippen molar-refractivity contribution < 1.29 is 19.0 Å². The molecule has 0 spiro atoms. The minimum Gasteiger partial charge on any atom is -0.493 e. The zero-order valence-corrected chi connectivity index (χ0v) is 15.2. The monoisotopic (exact) mass is 356 g/mol. The van der Waals surface area contributed by atoms with Gasteiger partial charge in [-0.25, -0.2) is 0 Å². The van der Waals surface area contributed by atoms with Crippen LogP contribution in [0.4, 0.5) is 5.69 Å². The fraction of sp³-hybridized carbons (Fsp3) is 0.400. The van der Waals surface area contributed by atoms with E-state index in [-0.39, 0.29) is 6.61 Å². The maximum atomic E-state index is 9.17. The number of aliphatic hydroxyl groups excluding tert-OH is 1. The van der Waals surface area contributed by atoms with Crippen LogP contribution in [0.15, 0.2) is 35.1 Å². The van der Waals surface area contributed by atoms with E-state index >= 15 is 0 Å². The first-order chi connectivity index (χ1) is 12.7. The molecule has 0 saturated carbocycles. The lowest BCUT2D eigenvalue weighted by Crippen LogP contribution is -2.47. The van der Waals surface area contributed by atoms with Crippen molar-refractivity contribution in [3.63, 3.8) is 0 Å². The number of furan rings is 1. The number of ether oxygens (including phenoxy) is 2. The van der Waals surface area contributed by atoms with Crippen molar-refractivity contribution in [2.24, 2.45) is 0 Å². The summed E-state index contributed by atoms with van der Waals surface area (Å²) in [5.41, 5.74) is 1.18. The summed E-state index contributed by atoms with van der Waals surface area (Å²) < 4.78 is 16.5. The van der Waals surface area contributed by atoms with E-state index < -0.39 is 0 Å². The number of fused-ring (bicyclic) bond motifs is 2. The number of methoxy groups -OCH3 is 2. The van der Waals surface area contributed by atoms with Crippen molar-refractivity contribution in [2.75, 3.05) is 58.5 Å². The molecule has 1 aliphatic rings. The molecule has 0 amide bonds. The van der Waals surface area contributed by atoms with E-state index in [2.05, 4.69) is 21.9 Å². The molecule has 0 unspecified atom stereocenters. The zero-order valence-electron chi connectivity index (χ0n) is 15.2. The van der Waals surface area contributed by atoms with Crippen LogP contribution in [0, 0.1) is 0 Å². The van der Waals surface area contributed by atoms with E-state index in [0.717, 1.165) is 65.8 Å². The molecule has 0 aliphatic carbocycles. The fourth-order valence-electron chi connectivity index (χ4n) is 3.82. The van der Waals surface area contributed by atoms with Gasteiger partial charge in [0.05, 0.1) is 32.8 Å². The number of hydrogen-bond donors (Lipinski definition) is 1. The van der Waals surface area contributed by atoms with E-state index in [0.29, 0.717) is 0 Å². The van der Waals surface area contributed by atoms with Crippen LogP contribution in [0.3, 0.4) is 0 Å². The minimum absolute atomic E-state index is 0.206. The Morgan fingerprint density at radius 3 is 2.35 bits per heavy atom. The van der Waals surface area contributed by atoms with E-state index in [1.165, 1.54) is 5.69 Å². The summed E-state index contributed by atoms with van der Waals surface area (Å²) in [4.78, 5) is 4.69. The molecule has 1 N–H and O–H groups in total. The van der Waals surface area contributed by atoms with E-state index in [1.807, 2.05) is 12.3 Å². The Bertz CT molecular complexity index is 913. The van der Waals surface area contributed by atoms with Gasteiger partial charge in [0.1, 0.15) is 6.26 Å². The van der Waals surface area contributed by atoms with Gasteiger partial charge in [0.25, 0.3) is 0 Å². The Kier molecular flexibility index (Phi) is 4.61. The molecule has 1 aliphatic heterocycles. The molecule has 0 bridgehead atoms. The van der Waals surface area contributed by atoms with Gasteiger partial charge >= 0.3 is 0 Å². The summed E-state index contributed by atoms with van der Waals surface area (Å²) in [6, 6.07) is 6.20. The second-order valence-corrected chi connectivity index (χ2v) is 6.58. The third kappa shape index (κ3) is 2.85. The molecule has 26 heavy (non-hydrogen) atoms. The van der Waals surface area contributed by atoms with Gasteiger partial charge in [0.2, 0.25) is 0 Å². The van der Waals surface area contributed by atoms with Crippen molar-refractivity contribution >= 4 is 27.2 Å². The number of aliphatic hydroxyl groups is 1.